The summed E-state index contributed by atoms with van der Waals surface area (Å²) in [4.78, 5) is 11.3. The van der Waals surface area contributed by atoms with Gasteiger partial charge in [0.1, 0.15) is 0 Å². The van der Waals surface area contributed by atoms with Gasteiger partial charge in [-0.05, 0) is 47.0 Å². The Labute approximate surface area is 126 Å². The molecule has 0 radical (unpaired) electrons. The third-order valence-corrected chi connectivity index (χ3v) is 3.70. The first-order valence-electron chi connectivity index (χ1n) is 6.39. The molecule has 2 rings (SSSR count). The number of carboxylic acids is 1. The van der Waals surface area contributed by atoms with Crippen LogP contribution in [-0.2, 0) is 6.42 Å². The molecule has 2 aromatic rings. The number of aromatic carboxylic acids is 1. The molecule has 4 heteroatoms. The van der Waals surface area contributed by atoms with Crippen molar-refractivity contribution >= 4 is 27.6 Å². The minimum absolute atomic E-state index is 0.275. The number of nitrogens with one attached hydrogen (secondary N) is 1. The summed E-state index contributed by atoms with van der Waals surface area (Å²) < 4.78 is 0.588. The minimum Gasteiger partial charge on any atom is -0.478 e. The van der Waals surface area contributed by atoms with Gasteiger partial charge < -0.3 is 10.4 Å². The van der Waals surface area contributed by atoms with Crippen molar-refractivity contribution in [3.63, 3.8) is 0 Å². The molecule has 0 bridgehead atoms. The molecule has 0 unspecified atom stereocenters. The maximum atomic E-state index is 11.3. The monoisotopic (exact) mass is 333 g/mol. The van der Waals surface area contributed by atoms with Gasteiger partial charge in [-0.1, -0.05) is 35.9 Å². The van der Waals surface area contributed by atoms with E-state index in [-0.39, 0.29) is 5.56 Å². The molecule has 20 heavy (non-hydrogen) atoms. The van der Waals surface area contributed by atoms with Crippen molar-refractivity contribution in [2.45, 2.75) is 13.3 Å². The lowest BCUT2D eigenvalue weighted by molar-refractivity contribution is 0.0697. The van der Waals surface area contributed by atoms with E-state index in [2.05, 4.69) is 46.4 Å². The second-order valence-corrected chi connectivity index (χ2v) is 5.49. The second kappa shape index (κ2) is 6.57. The number of anilines is 1. The highest BCUT2D eigenvalue weighted by molar-refractivity contribution is 9.10. The molecule has 0 amide bonds. The Kier molecular flexibility index (Phi) is 4.79. The van der Waals surface area contributed by atoms with Gasteiger partial charge in [0.2, 0.25) is 0 Å². The van der Waals surface area contributed by atoms with Crippen LogP contribution in [0.5, 0.6) is 0 Å². The lowest BCUT2D eigenvalue weighted by Crippen LogP contribution is -2.10. The Morgan fingerprint density at radius 3 is 2.70 bits per heavy atom. The quantitative estimate of drug-likeness (QED) is 0.865. The van der Waals surface area contributed by atoms with Gasteiger partial charge in [-0.3, -0.25) is 0 Å². The van der Waals surface area contributed by atoms with Gasteiger partial charge in [-0.25, -0.2) is 4.79 Å². The van der Waals surface area contributed by atoms with Crippen LogP contribution in [0.1, 0.15) is 21.5 Å². The van der Waals surface area contributed by atoms with Crippen LogP contribution in [0, 0.1) is 6.92 Å². The van der Waals surface area contributed by atoms with Crippen molar-refractivity contribution < 1.29 is 9.90 Å². The Balaban J connectivity index is 2.05. The largest absolute Gasteiger partial charge is 0.478 e. The zero-order valence-corrected chi connectivity index (χ0v) is 12.8. The first kappa shape index (κ1) is 14.6. The normalized spacial score (nSPS) is 10.3. The SMILES string of the molecule is Cc1cccc(CCNc2cccc(Br)c2C(=O)O)c1. The van der Waals surface area contributed by atoms with Crippen molar-refractivity contribution in [2.24, 2.45) is 0 Å². The second-order valence-electron chi connectivity index (χ2n) is 4.63. The molecule has 0 fully saturated rings. The van der Waals surface area contributed by atoms with Crippen LogP contribution in [0.25, 0.3) is 0 Å². The fourth-order valence-electron chi connectivity index (χ4n) is 2.10. The van der Waals surface area contributed by atoms with Crippen LogP contribution in [0.3, 0.4) is 0 Å². The van der Waals surface area contributed by atoms with E-state index in [9.17, 15) is 9.90 Å². The fourth-order valence-corrected chi connectivity index (χ4v) is 2.63. The number of carbonyl (C=O) groups is 1. The number of carboxylic acid groups (broad SMARTS) is 1. The van der Waals surface area contributed by atoms with Crippen molar-refractivity contribution in [3.8, 4) is 0 Å². The van der Waals surface area contributed by atoms with Gasteiger partial charge in [0.15, 0.2) is 0 Å². The zero-order valence-electron chi connectivity index (χ0n) is 11.2. The number of hydrogen-bond acceptors (Lipinski definition) is 2. The summed E-state index contributed by atoms with van der Waals surface area (Å²) >= 11 is 3.27. The van der Waals surface area contributed by atoms with Crippen LogP contribution in [-0.4, -0.2) is 17.6 Å². The van der Waals surface area contributed by atoms with Gasteiger partial charge in [0.25, 0.3) is 0 Å². The van der Waals surface area contributed by atoms with Crippen LogP contribution in [0.4, 0.5) is 5.69 Å². The molecule has 0 heterocycles. The molecule has 0 atom stereocenters. The van der Waals surface area contributed by atoms with Gasteiger partial charge >= 0.3 is 5.97 Å². The van der Waals surface area contributed by atoms with E-state index < -0.39 is 5.97 Å². The number of benzene rings is 2. The highest BCUT2D eigenvalue weighted by atomic mass is 79.9. The van der Waals surface area contributed by atoms with Crippen molar-refractivity contribution in [1.82, 2.24) is 0 Å². The summed E-state index contributed by atoms with van der Waals surface area (Å²) in [6.45, 7) is 2.76. The maximum Gasteiger partial charge on any atom is 0.338 e. The lowest BCUT2D eigenvalue weighted by Gasteiger charge is -2.11. The molecular formula is C16H16BrNO2. The molecule has 2 N–H and O–H groups in total. The number of hydrogen-bond donors (Lipinski definition) is 2. The molecule has 0 aliphatic heterocycles. The zero-order chi connectivity index (χ0) is 14.5. The van der Waals surface area contributed by atoms with Gasteiger partial charge in [0, 0.05) is 16.7 Å². The molecular weight excluding hydrogens is 318 g/mol. The average Bonchev–Trinajstić information content (AvgIpc) is 2.38. The molecule has 3 nitrogen and oxygen atoms in total. The van der Waals surface area contributed by atoms with Crippen molar-refractivity contribution in [3.05, 3.63) is 63.6 Å². The Bertz CT molecular complexity index is 626. The highest BCUT2D eigenvalue weighted by Gasteiger charge is 2.13. The van der Waals surface area contributed by atoms with Crippen LogP contribution in [0.2, 0.25) is 0 Å². The summed E-state index contributed by atoms with van der Waals surface area (Å²) in [6.07, 6.45) is 0.854. The Morgan fingerprint density at radius 1 is 1.25 bits per heavy atom. The molecule has 2 aromatic carbocycles. The Morgan fingerprint density at radius 2 is 2.00 bits per heavy atom. The van der Waals surface area contributed by atoms with Gasteiger partial charge in [0.05, 0.1) is 5.56 Å². The third kappa shape index (κ3) is 3.61. The van der Waals surface area contributed by atoms with Gasteiger partial charge in [-0.15, -0.1) is 0 Å². The molecule has 104 valence electrons. The van der Waals surface area contributed by atoms with Gasteiger partial charge in [-0.2, -0.15) is 0 Å². The predicted molar refractivity (Wildman–Crippen MR) is 84.5 cm³/mol. The summed E-state index contributed by atoms with van der Waals surface area (Å²) in [7, 11) is 0. The van der Waals surface area contributed by atoms with E-state index in [1.54, 1.807) is 12.1 Å². The molecule has 0 aromatic heterocycles. The summed E-state index contributed by atoms with van der Waals surface area (Å²) in [5.41, 5.74) is 3.39. The first-order valence-corrected chi connectivity index (χ1v) is 7.18. The highest BCUT2D eigenvalue weighted by Crippen LogP contribution is 2.24. The number of aryl methyl sites for hydroxylation is 1. The van der Waals surface area contributed by atoms with Crippen LogP contribution < -0.4 is 5.32 Å². The standard InChI is InChI=1S/C16H16BrNO2/c1-11-4-2-5-12(10-11)8-9-18-14-7-3-6-13(17)15(14)16(19)20/h2-7,10,18H,8-9H2,1H3,(H,19,20). The number of halogens is 1. The van der Waals surface area contributed by atoms with E-state index >= 15 is 0 Å². The topological polar surface area (TPSA) is 49.3 Å². The maximum absolute atomic E-state index is 11.3. The summed E-state index contributed by atoms with van der Waals surface area (Å²) in [5.74, 6) is -0.935. The lowest BCUT2D eigenvalue weighted by atomic mass is 10.1. The Hall–Kier alpha value is -1.81. The van der Waals surface area contributed by atoms with Crippen LogP contribution >= 0.6 is 15.9 Å². The summed E-state index contributed by atoms with van der Waals surface area (Å²) in [5, 5.41) is 12.4. The molecule has 0 aliphatic carbocycles. The third-order valence-electron chi connectivity index (χ3n) is 3.04. The fraction of sp³-hybridized carbons (Fsp3) is 0.188. The van der Waals surface area contributed by atoms with Crippen molar-refractivity contribution in [2.75, 3.05) is 11.9 Å². The van der Waals surface area contributed by atoms with E-state index in [1.807, 2.05) is 12.1 Å². The van der Waals surface area contributed by atoms with E-state index in [4.69, 9.17) is 0 Å². The van der Waals surface area contributed by atoms with Crippen LogP contribution in [0.15, 0.2) is 46.9 Å². The first-order chi connectivity index (χ1) is 9.58. The molecule has 0 spiro atoms. The van der Waals surface area contributed by atoms with Crippen molar-refractivity contribution in [1.29, 1.82) is 0 Å². The van der Waals surface area contributed by atoms with E-state index in [1.165, 1.54) is 11.1 Å². The molecule has 0 aliphatic rings. The number of rotatable bonds is 5. The average molecular weight is 334 g/mol. The molecule has 0 saturated carbocycles. The summed E-state index contributed by atoms with van der Waals surface area (Å²) in [6, 6.07) is 13.7. The van der Waals surface area contributed by atoms with E-state index in [0.717, 1.165) is 6.42 Å². The predicted octanol–water partition coefficient (Wildman–Crippen LogP) is 4.11. The smallest absolute Gasteiger partial charge is 0.338 e. The van der Waals surface area contributed by atoms with E-state index in [0.29, 0.717) is 16.7 Å². The molecule has 0 saturated heterocycles. The minimum atomic E-state index is -0.935.